The lowest BCUT2D eigenvalue weighted by Crippen LogP contribution is -2.45. The quantitative estimate of drug-likeness (QED) is 0.489. The summed E-state index contributed by atoms with van der Waals surface area (Å²) in [5.41, 5.74) is 9.93. The van der Waals surface area contributed by atoms with E-state index in [4.69, 9.17) is 11.5 Å². The second-order valence-corrected chi connectivity index (χ2v) is 1.98. The molecule has 0 rings (SSSR count). The Labute approximate surface area is 44.9 Å². The lowest BCUT2D eigenvalue weighted by atomic mass is 10.1. The highest BCUT2D eigenvalue weighted by molar-refractivity contribution is 4.77. The molecule has 0 bridgehead atoms. The molecule has 0 saturated carbocycles. The molecule has 0 aromatic rings. The summed E-state index contributed by atoms with van der Waals surface area (Å²) >= 11 is 0. The molecular formula is C5H13N2. The highest BCUT2D eigenvalue weighted by atomic mass is 14.9. The van der Waals surface area contributed by atoms with Crippen LogP contribution < -0.4 is 11.5 Å². The fourth-order valence-corrected chi connectivity index (χ4v) is 0.465. The standard InChI is InChI=1S/C5H13N2/c1-3-4-5(2,6)7/h2-4,6-7H2,1H3. The van der Waals surface area contributed by atoms with Gasteiger partial charge in [-0.05, 0) is 13.3 Å². The lowest BCUT2D eigenvalue weighted by molar-refractivity contribution is 0.495. The average molecular weight is 101 g/mol. The zero-order chi connectivity index (χ0) is 5.91. The van der Waals surface area contributed by atoms with Gasteiger partial charge in [0.25, 0.3) is 0 Å². The molecule has 0 aliphatic heterocycles. The van der Waals surface area contributed by atoms with Crippen LogP contribution in [0.1, 0.15) is 19.8 Å². The molecule has 0 amide bonds. The SMILES string of the molecule is [CH2]C(N)(N)CCC. The van der Waals surface area contributed by atoms with Crippen molar-refractivity contribution in [3.05, 3.63) is 6.92 Å². The Hall–Kier alpha value is -0.0800. The third kappa shape index (κ3) is 5.92. The molecule has 0 aliphatic rings. The van der Waals surface area contributed by atoms with Crippen LogP contribution in [0.3, 0.4) is 0 Å². The summed E-state index contributed by atoms with van der Waals surface area (Å²) in [4.78, 5) is 0. The maximum absolute atomic E-state index is 5.31. The summed E-state index contributed by atoms with van der Waals surface area (Å²) in [6.07, 6.45) is 1.78. The van der Waals surface area contributed by atoms with E-state index in [1.807, 2.05) is 6.92 Å². The molecule has 0 fully saturated rings. The molecule has 43 valence electrons. The van der Waals surface area contributed by atoms with Crippen molar-refractivity contribution in [3.63, 3.8) is 0 Å². The first-order valence-corrected chi connectivity index (χ1v) is 2.49. The summed E-state index contributed by atoms with van der Waals surface area (Å²) < 4.78 is 0. The van der Waals surface area contributed by atoms with Gasteiger partial charge in [0.05, 0.1) is 5.66 Å². The van der Waals surface area contributed by atoms with Crippen LogP contribution in [0.5, 0.6) is 0 Å². The first-order valence-electron chi connectivity index (χ1n) is 2.49. The van der Waals surface area contributed by atoms with Crippen LogP contribution in [0, 0.1) is 6.92 Å². The number of hydrogen-bond acceptors (Lipinski definition) is 2. The zero-order valence-electron chi connectivity index (χ0n) is 4.78. The summed E-state index contributed by atoms with van der Waals surface area (Å²) in [7, 11) is 0. The Bertz CT molecular complexity index is 44.5. The van der Waals surface area contributed by atoms with Gasteiger partial charge in [0.2, 0.25) is 0 Å². The van der Waals surface area contributed by atoms with Gasteiger partial charge in [-0.15, -0.1) is 0 Å². The van der Waals surface area contributed by atoms with E-state index in [2.05, 4.69) is 6.92 Å². The van der Waals surface area contributed by atoms with E-state index in [0.717, 1.165) is 12.8 Å². The minimum absolute atomic E-state index is 0.700. The molecule has 0 saturated heterocycles. The van der Waals surface area contributed by atoms with Gasteiger partial charge in [0.15, 0.2) is 0 Å². The predicted octanol–water partition coefficient (Wildman–Crippen LogP) is 0.234. The normalized spacial score (nSPS) is 12.0. The van der Waals surface area contributed by atoms with Gasteiger partial charge in [-0.25, -0.2) is 0 Å². The number of rotatable bonds is 2. The third-order valence-corrected chi connectivity index (χ3v) is 0.715. The molecule has 7 heavy (non-hydrogen) atoms. The van der Waals surface area contributed by atoms with Crippen LogP contribution in [-0.4, -0.2) is 5.66 Å². The monoisotopic (exact) mass is 101 g/mol. The molecule has 1 radical (unpaired) electrons. The largest absolute Gasteiger partial charge is 0.313 e. The summed E-state index contributed by atoms with van der Waals surface area (Å²) in [5.74, 6) is 0. The van der Waals surface area contributed by atoms with Gasteiger partial charge in [-0.2, -0.15) is 0 Å². The van der Waals surface area contributed by atoms with Crippen molar-refractivity contribution in [3.8, 4) is 0 Å². The van der Waals surface area contributed by atoms with Crippen molar-refractivity contribution < 1.29 is 0 Å². The minimum atomic E-state index is -0.700. The highest BCUT2D eigenvalue weighted by Crippen LogP contribution is 1.97. The molecule has 0 aliphatic carbocycles. The van der Waals surface area contributed by atoms with E-state index in [0.29, 0.717) is 0 Å². The second-order valence-electron chi connectivity index (χ2n) is 1.98. The maximum atomic E-state index is 5.31. The van der Waals surface area contributed by atoms with Gasteiger partial charge in [-0.1, -0.05) is 13.3 Å². The van der Waals surface area contributed by atoms with Gasteiger partial charge >= 0.3 is 0 Å². The Balaban J connectivity index is 3.15. The van der Waals surface area contributed by atoms with E-state index in [1.54, 1.807) is 0 Å². The number of nitrogens with two attached hydrogens (primary N) is 2. The first-order chi connectivity index (χ1) is 3.06. The maximum Gasteiger partial charge on any atom is 0.0637 e. The van der Waals surface area contributed by atoms with Crippen LogP contribution in [0.25, 0.3) is 0 Å². The van der Waals surface area contributed by atoms with Gasteiger partial charge < -0.3 is 11.5 Å². The Kier molecular flexibility index (Phi) is 2.26. The number of hydrogen-bond donors (Lipinski definition) is 2. The van der Waals surface area contributed by atoms with Crippen LogP contribution in [0.15, 0.2) is 0 Å². The topological polar surface area (TPSA) is 52.0 Å². The van der Waals surface area contributed by atoms with Crippen molar-refractivity contribution in [2.45, 2.75) is 25.4 Å². The van der Waals surface area contributed by atoms with Gasteiger partial charge in [-0.3, -0.25) is 0 Å². The molecule has 2 heteroatoms. The lowest BCUT2D eigenvalue weighted by Gasteiger charge is -2.15. The fourth-order valence-electron chi connectivity index (χ4n) is 0.465. The summed E-state index contributed by atoms with van der Waals surface area (Å²) in [5, 5.41) is 0. The zero-order valence-corrected chi connectivity index (χ0v) is 4.78. The Morgan fingerprint density at radius 2 is 2.00 bits per heavy atom. The molecule has 2 nitrogen and oxygen atoms in total. The molecule has 0 aromatic carbocycles. The van der Waals surface area contributed by atoms with Gasteiger partial charge in [0.1, 0.15) is 0 Å². The average Bonchev–Trinajstić information content (AvgIpc) is 1.30. The van der Waals surface area contributed by atoms with Crippen molar-refractivity contribution in [2.24, 2.45) is 11.5 Å². The molecule has 0 spiro atoms. The Morgan fingerprint density at radius 3 is 2.00 bits per heavy atom. The van der Waals surface area contributed by atoms with Crippen molar-refractivity contribution >= 4 is 0 Å². The fraction of sp³-hybridized carbons (Fsp3) is 0.800. The van der Waals surface area contributed by atoms with Crippen LogP contribution in [0.4, 0.5) is 0 Å². The van der Waals surface area contributed by atoms with E-state index >= 15 is 0 Å². The molecule has 0 heterocycles. The van der Waals surface area contributed by atoms with E-state index in [9.17, 15) is 0 Å². The molecule has 4 N–H and O–H groups in total. The van der Waals surface area contributed by atoms with E-state index in [1.165, 1.54) is 0 Å². The molecule has 0 atom stereocenters. The smallest absolute Gasteiger partial charge is 0.0637 e. The van der Waals surface area contributed by atoms with Crippen molar-refractivity contribution in [1.29, 1.82) is 0 Å². The molecule has 0 unspecified atom stereocenters. The summed E-state index contributed by atoms with van der Waals surface area (Å²) in [6, 6.07) is 0. The van der Waals surface area contributed by atoms with Gasteiger partial charge in [0, 0.05) is 0 Å². The van der Waals surface area contributed by atoms with E-state index < -0.39 is 5.66 Å². The third-order valence-electron chi connectivity index (χ3n) is 0.715. The minimum Gasteiger partial charge on any atom is -0.313 e. The van der Waals surface area contributed by atoms with E-state index in [-0.39, 0.29) is 0 Å². The Morgan fingerprint density at radius 1 is 1.57 bits per heavy atom. The first kappa shape index (κ1) is 6.92. The molecular weight excluding hydrogens is 88.1 g/mol. The summed E-state index contributed by atoms with van der Waals surface area (Å²) in [6.45, 7) is 5.54. The van der Waals surface area contributed by atoms with Crippen LogP contribution in [-0.2, 0) is 0 Å². The van der Waals surface area contributed by atoms with Crippen LogP contribution in [0.2, 0.25) is 0 Å². The predicted molar refractivity (Wildman–Crippen MR) is 31.4 cm³/mol. The second kappa shape index (κ2) is 2.28. The van der Waals surface area contributed by atoms with Crippen molar-refractivity contribution in [2.75, 3.05) is 0 Å². The van der Waals surface area contributed by atoms with Crippen molar-refractivity contribution in [1.82, 2.24) is 0 Å². The highest BCUT2D eigenvalue weighted by Gasteiger charge is 2.07. The van der Waals surface area contributed by atoms with Crippen LogP contribution >= 0.6 is 0 Å². The molecule has 0 aromatic heterocycles.